The molecule has 88 valence electrons. The summed E-state index contributed by atoms with van der Waals surface area (Å²) < 4.78 is 0. The highest BCUT2D eigenvalue weighted by Gasteiger charge is 2.18. The maximum absolute atomic E-state index is 11.1. The van der Waals surface area contributed by atoms with Crippen LogP contribution < -0.4 is 5.32 Å². The molecule has 0 spiro atoms. The molecule has 0 saturated heterocycles. The van der Waals surface area contributed by atoms with Crippen LogP contribution in [0.1, 0.15) is 25.8 Å². The van der Waals surface area contributed by atoms with Gasteiger partial charge in [-0.1, -0.05) is 37.3 Å². The molecule has 0 aliphatic heterocycles. The van der Waals surface area contributed by atoms with Gasteiger partial charge in [-0.05, 0) is 25.3 Å². The summed E-state index contributed by atoms with van der Waals surface area (Å²) in [4.78, 5) is 11.1. The molecule has 0 bridgehead atoms. The number of hydrogen-bond donors (Lipinski definition) is 2. The topological polar surface area (TPSA) is 49.3 Å². The summed E-state index contributed by atoms with van der Waals surface area (Å²) in [6.45, 7) is 4.04. The first-order chi connectivity index (χ1) is 7.63. The number of nitrogens with one attached hydrogen (secondary N) is 1. The fourth-order valence-electron chi connectivity index (χ4n) is 1.53. The first kappa shape index (κ1) is 12.7. The molecular weight excluding hydrogens is 202 g/mol. The third-order valence-corrected chi connectivity index (χ3v) is 2.68. The third kappa shape index (κ3) is 4.03. The second-order valence-electron chi connectivity index (χ2n) is 4.06. The fourth-order valence-corrected chi connectivity index (χ4v) is 1.53. The Morgan fingerprint density at radius 3 is 2.50 bits per heavy atom. The summed E-state index contributed by atoms with van der Waals surface area (Å²) in [5.74, 6) is -0.788. The Bertz CT molecular complexity index is 324. The van der Waals surface area contributed by atoms with Crippen LogP contribution in [0.25, 0.3) is 0 Å². The molecule has 0 saturated carbocycles. The van der Waals surface area contributed by atoms with Gasteiger partial charge >= 0.3 is 5.97 Å². The van der Waals surface area contributed by atoms with E-state index in [2.05, 4.69) is 5.32 Å². The van der Waals surface area contributed by atoms with Gasteiger partial charge in [0.05, 0.1) is 0 Å². The van der Waals surface area contributed by atoms with Crippen LogP contribution >= 0.6 is 0 Å². The smallest absolute Gasteiger partial charge is 0.321 e. The average molecular weight is 221 g/mol. The first-order valence-corrected chi connectivity index (χ1v) is 5.66. The second-order valence-corrected chi connectivity index (χ2v) is 4.06. The molecule has 0 amide bonds. The van der Waals surface area contributed by atoms with E-state index in [0.29, 0.717) is 6.42 Å². The summed E-state index contributed by atoms with van der Waals surface area (Å²) in [6.07, 6.45) is 1.46. The molecule has 2 unspecified atom stereocenters. The molecule has 0 heterocycles. The van der Waals surface area contributed by atoms with Crippen LogP contribution in [0.5, 0.6) is 0 Å². The maximum Gasteiger partial charge on any atom is 0.321 e. The van der Waals surface area contributed by atoms with Crippen molar-refractivity contribution < 1.29 is 9.90 Å². The number of carbonyl (C=O) groups is 1. The highest BCUT2D eigenvalue weighted by Crippen LogP contribution is 2.04. The lowest BCUT2D eigenvalue weighted by Gasteiger charge is -2.19. The first-order valence-electron chi connectivity index (χ1n) is 5.66. The Kier molecular flexibility index (Phi) is 4.99. The minimum Gasteiger partial charge on any atom is -0.480 e. The molecular formula is C13H19NO2. The van der Waals surface area contributed by atoms with Gasteiger partial charge in [-0.2, -0.15) is 0 Å². The fraction of sp³-hybridized carbons (Fsp3) is 0.462. The van der Waals surface area contributed by atoms with E-state index in [1.807, 2.05) is 44.2 Å². The minimum absolute atomic E-state index is 0.227. The van der Waals surface area contributed by atoms with E-state index in [9.17, 15) is 4.79 Å². The van der Waals surface area contributed by atoms with Gasteiger partial charge < -0.3 is 10.4 Å². The minimum atomic E-state index is -0.788. The van der Waals surface area contributed by atoms with E-state index in [4.69, 9.17) is 5.11 Å². The van der Waals surface area contributed by atoms with Crippen LogP contribution in [0.15, 0.2) is 30.3 Å². The summed E-state index contributed by atoms with van der Waals surface area (Å²) in [6, 6.07) is 9.42. The molecule has 16 heavy (non-hydrogen) atoms. The summed E-state index contributed by atoms with van der Waals surface area (Å²) in [7, 11) is 0. The molecule has 3 nitrogen and oxygen atoms in total. The van der Waals surface area contributed by atoms with Crippen LogP contribution in [0.4, 0.5) is 0 Å². The molecule has 0 aromatic heterocycles. The van der Waals surface area contributed by atoms with E-state index in [-0.39, 0.29) is 6.04 Å². The largest absolute Gasteiger partial charge is 0.480 e. The summed E-state index contributed by atoms with van der Waals surface area (Å²) >= 11 is 0. The van der Waals surface area contributed by atoms with Crippen molar-refractivity contribution >= 4 is 5.97 Å². The van der Waals surface area contributed by atoms with Gasteiger partial charge in [0.1, 0.15) is 6.04 Å². The van der Waals surface area contributed by atoms with Crippen molar-refractivity contribution in [3.8, 4) is 0 Å². The van der Waals surface area contributed by atoms with Crippen molar-refractivity contribution in [2.45, 2.75) is 38.8 Å². The zero-order chi connectivity index (χ0) is 12.0. The van der Waals surface area contributed by atoms with E-state index in [1.54, 1.807) is 0 Å². The van der Waals surface area contributed by atoms with Crippen molar-refractivity contribution in [1.82, 2.24) is 5.32 Å². The zero-order valence-corrected chi connectivity index (χ0v) is 9.81. The molecule has 3 heteroatoms. The van der Waals surface area contributed by atoms with E-state index in [1.165, 1.54) is 0 Å². The van der Waals surface area contributed by atoms with Gasteiger partial charge in [0.15, 0.2) is 0 Å². The Labute approximate surface area is 96.5 Å². The van der Waals surface area contributed by atoms with Crippen molar-refractivity contribution in [3.05, 3.63) is 35.9 Å². The molecule has 2 atom stereocenters. The number of hydrogen-bond acceptors (Lipinski definition) is 2. The number of benzene rings is 1. The van der Waals surface area contributed by atoms with Gasteiger partial charge in [0.2, 0.25) is 0 Å². The van der Waals surface area contributed by atoms with Crippen LogP contribution in [-0.4, -0.2) is 23.2 Å². The van der Waals surface area contributed by atoms with Gasteiger partial charge in [-0.25, -0.2) is 0 Å². The maximum atomic E-state index is 11.1. The average Bonchev–Trinajstić information content (AvgIpc) is 2.29. The Morgan fingerprint density at radius 1 is 1.38 bits per heavy atom. The number of carboxylic acid groups (broad SMARTS) is 1. The Hall–Kier alpha value is -1.35. The lowest BCUT2D eigenvalue weighted by Crippen LogP contribution is -2.43. The molecule has 1 aromatic rings. The highest BCUT2D eigenvalue weighted by atomic mass is 16.4. The predicted molar refractivity (Wildman–Crippen MR) is 64.5 cm³/mol. The van der Waals surface area contributed by atoms with Crippen molar-refractivity contribution in [2.24, 2.45) is 0 Å². The van der Waals surface area contributed by atoms with E-state index >= 15 is 0 Å². The van der Waals surface area contributed by atoms with Crippen LogP contribution in [0.2, 0.25) is 0 Å². The van der Waals surface area contributed by atoms with Gasteiger partial charge in [0.25, 0.3) is 0 Å². The monoisotopic (exact) mass is 221 g/mol. The Balaban J connectivity index is 2.62. The van der Waals surface area contributed by atoms with Crippen LogP contribution in [-0.2, 0) is 11.2 Å². The molecule has 0 aliphatic carbocycles. The second kappa shape index (κ2) is 6.28. The number of rotatable bonds is 6. The molecule has 1 rings (SSSR count). The zero-order valence-electron chi connectivity index (χ0n) is 9.81. The van der Waals surface area contributed by atoms with Crippen molar-refractivity contribution in [3.63, 3.8) is 0 Å². The molecule has 1 aromatic carbocycles. The van der Waals surface area contributed by atoms with Gasteiger partial charge in [-0.15, -0.1) is 0 Å². The van der Waals surface area contributed by atoms with E-state index in [0.717, 1.165) is 12.0 Å². The molecule has 0 aliphatic rings. The van der Waals surface area contributed by atoms with Crippen molar-refractivity contribution in [1.29, 1.82) is 0 Å². The SMILES string of the molecule is CCC(C)NC(Cc1ccccc1)C(=O)O. The number of carboxylic acids is 1. The van der Waals surface area contributed by atoms with Crippen LogP contribution in [0.3, 0.4) is 0 Å². The number of aliphatic carboxylic acids is 1. The normalized spacial score (nSPS) is 14.4. The van der Waals surface area contributed by atoms with Gasteiger partial charge in [0, 0.05) is 6.04 Å². The lowest BCUT2D eigenvalue weighted by molar-refractivity contribution is -0.139. The third-order valence-electron chi connectivity index (χ3n) is 2.68. The quantitative estimate of drug-likeness (QED) is 0.773. The Morgan fingerprint density at radius 2 is 2.00 bits per heavy atom. The standard InChI is InChI=1S/C13H19NO2/c1-3-10(2)14-12(13(15)16)9-11-7-5-4-6-8-11/h4-8,10,12,14H,3,9H2,1-2H3,(H,15,16). The molecule has 0 radical (unpaired) electrons. The van der Waals surface area contributed by atoms with E-state index < -0.39 is 12.0 Å². The highest BCUT2D eigenvalue weighted by molar-refractivity contribution is 5.73. The van der Waals surface area contributed by atoms with Gasteiger partial charge in [-0.3, -0.25) is 4.79 Å². The molecule has 0 fully saturated rings. The van der Waals surface area contributed by atoms with Crippen molar-refractivity contribution in [2.75, 3.05) is 0 Å². The van der Waals surface area contributed by atoms with Crippen LogP contribution in [0, 0.1) is 0 Å². The predicted octanol–water partition coefficient (Wildman–Crippen LogP) is 2.07. The summed E-state index contributed by atoms with van der Waals surface area (Å²) in [5.41, 5.74) is 1.05. The lowest BCUT2D eigenvalue weighted by atomic mass is 10.0. The summed E-state index contributed by atoms with van der Waals surface area (Å²) in [5, 5.41) is 12.2. The molecule has 2 N–H and O–H groups in total.